The molecule has 0 bridgehead atoms. The number of hydrogen-bond acceptors (Lipinski definition) is 2. The summed E-state index contributed by atoms with van der Waals surface area (Å²) in [6, 6.07) is 0.0391. The van der Waals surface area contributed by atoms with Gasteiger partial charge in [0.2, 0.25) is 0 Å². The number of piperidine rings is 1. The molecule has 1 rings (SSSR count). The van der Waals surface area contributed by atoms with Crippen LogP contribution in [-0.2, 0) is 4.79 Å². The minimum absolute atomic E-state index is 0.0391. The SMILES string of the molecule is CCC(CC)(CC)NC(=O)N1CCC(CCC(=O)O)CC1. The molecule has 5 nitrogen and oxygen atoms in total. The molecular formula is C16H30N2O3. The van der Waals surface area contributed by atoms with Crippen molar-refractivity contribution in [2.75, 3.05) is 13.1 Å². The fourth-order valence-corrected chi connectivity index (χ4v) is 3.07. The molecule has 0 aromatic heterocycles. The lowest BCUT2D eigenvalue weighted by Crippen LogP contribution is -2.54. The van der Waals surface area contributed by atoms with Crippen molar-refractivity contribution in [1.29, 1.82) is 0 Å². The predicted octanol–water partition coefficient (Wildman–Crippen LogP) is 3.24. The molecule has 122 valence electrons. The van der Waals surface area contributed by atoms with Crippen LogP contribution in [0.2, 0.25) is 0 Å². The summed E-state index contributed by atoms with van der Waals surface area (Å²) in [6.45, 7) is 7.83. The Morgan fingerprint density at radius 2 is 1.67 bits per heavy atom. The number of carbonyl (C=O) groups excluding carboxylic acids is 1. The van der Waals surface area contributed by atoms with E-state index in [9.17, 15) is 9.59 Å². The molecule has 0 unspecified atom stereocenters. The van der Waals surface area contributed by atoms with Crippen LogP contribution in [0.4, 0.5) is 4.79 Å². The van der Waals surface area contributed by atoms with E-state index in [0.29, 0.717) is 5.92 Å². The van der Waals surface area contributed by atoms with E-state index < -0.39 is 5.97 Å². The summed E-state index contributed by atoms with van der Waals surface area (Å²) >= 11 is 0. The Bertz CT molecular complexity index is 337. The molecule has 0 aromatic rings. The minimum Gasteiger partial charge on any atom is -0.481 e. The topological polar surface area (TPSA) is 69.6 Å². The Kier molecular flexibility index (Phi) is 6.99. The second kappa shape index (κ2) is 8.25. The van der Waals surface area contributed by atoms with Crippen LogP contribution in [0.3, 0.4) is 0 Å². The van der Waals surface area contributed by atoms with Crippen LogP contribution in [0.15, 0.2) is 0 Å². The Morgan fingerprint density at radius 3 is 2.10 bits per heavy atom. The molecule has 21 heavy (non-hydrogen) atoms. The van der Waals surface area contributed by atoms with Crippen LogP contribution < -0.4 is 5.32 Å². The van der Waals surface area contributed by atoms with Crippen molar-refractivity contribution in [2.24, 2.45) is 5.92 Å². The number of aliphatic carboxylic acids is 1. The first kappa shape index (κ1) is 17.8. The normalized spacial score (nSPS) is 16.8. The van der Waals surface area contributed by atoms with Gasteiger partial charge in [-0.15, -0.1) is 0 Å². The Labute approximate surface area is 128 Å². The highest BCUT2D eigenvalue weighted by molar-refractivity contribution is 5.75. The lowest BCUT2D eigenvalue weighted by atomic mass is 9.89. The van der Waals surface area contributed by atoms with Gasteiger partial charge in [0, 0.05) is 25.0 Å². The molecule has 0 atom stereocenters. The third-order valence-corrected chi connectivity index (χ3v) is 5.07. The first-order valence-corrected chi connectivity index (χ1v) is 8.25. The lowest BCUT2D eigenvalue weighted by Gasteiger charge is -2.37. The summed E-state index contributed by atoms with van der Waals surface area (Å²) < 4.78 is 0. The molecule has 0 aromatic carbocycles. The van der Waals surface area contributed by atoms with Gasteiger partial charge in [0.15, 0.2) is 0 Å². The van der Waals surface area contributed by atoms with E-state index in [1.807, 2.05) is 4.90 Å². The Balaban J connectivity index is 2.43. The van der Waals surface area contributed by atoms with E-state index in [1.54, 1.807) is 0 Å². The molecule has 1 fully saturated rings. The maximum absolute atomic E-state index is 12.4. The maximum Gasteiger partial charge on any atom is 0.317 e. The zero-order valence-corrected chi connectivity index (χ0v) is 13.7. The molecule has 5 heteroatoms. The monoisotopic (exact) mass is 298 g/mol. The highest BCUT2D eigenvalue weighted by atomic mass is 16.4. The summed E-state index contributed by atoms with van der Waals surface area (Å²) in [5.74, 6) is -0.285. The summed E-state index contributed by atoms with van der Waals surface area (Å²) in [7, 11) is 0. The molecule has 0 aliphatic carbocycles. The van der Waals surface area contributed by atoms with Crippen LogP contribution >= 0.6 is 0 Å². The highest BCUT2D eigenvalue weighted by Gasteiger charge is 2.30. The third kappa shape index (κ3) is 5.21. The van der Waals surface area contributed by atoms with Crippen LogP contribution in [0.25, 0.3) is 0 Å². The molecular weight excluding hydrogens is 268 g/mol. The van der Waals surface area contributed by atoms with E-state index in [-0.39, 0.29) is 18.0 Å². The number of nitrogens with one attached hydrogen (secondary N) is 1. The number of nitrogens with zero attached hydrogens (tertiary/aromatic N) is 1. The smallest absolute Gasteiger partial charge is 0.317 e. The lowest BCUT2D eigenvalue weighted by molar-refractivity contribution is -0.137. The van der Waals surface area contributed by atoms with E-state index in [0.717, 1.165) is 51.6 Å². The second-order valence-electron chi connectivity index (χ2n) is 6.13. The fraction of sp³-hybridized carbons (Fsp3) is 0.875. The van der Waals surface area contributed by atoms with Crippen molar-refractivity contribution in [3.05, 3.63) is 0 Å². The third-order valence-electron chi connectivity index (χ3n) is 5.07. The van der Waals surface area contributed by atoms with E-state index in [2.05, 4.69) is 26.1 Å². The van der Waals surface area contributed by atoms with Gasteiger partial charge < -0.3 is 15.3 Å². The van der Waals surface area contributed by atoms with Gasteiger partial charge in [-0.25, -0.2) is 4.79 Å². The number of carbonyl (C=O) groups is 2. The highest BCUT2D eigenvalue weighted by Crippen LogP contribution is 2.24. The maximum atomic E-state index is 12.4. The quantitative estimate of drug-likeness (QED) is 0.758. The molecule has 0 radical (unpaired) electrons. The van der Waals surface area contributed by atoms with Crippen molar-refractivity contribution in [2.45, 2.75) is 71.3 Å². The molecule has 1 aliphatic rings. The van der Waals surface area contributed by atoms with E-state index in [4.69, 9.17) is 5.11 Å². The number of carboxylic acid groups (broad SMARTS) is 1. The van der Waals surface area contributed by atoms with Gasteiger partial charge >= 0.3 is 12.0 Å². The predicted molar refractivity (Wildman–Crippen MR) is 83.3 cm³/mol. The van der Waals surface area contributed by atoms with Crippen LogP contribution in [-0.4, -0.2) is 40.6 Å². The van der Waals surface area contributed by atoms with Crippen molar-refractivity contribution >= 4 is 12.0 Å². The number of rotatable bonds is 7. The number of carboxylic acids is 1. The first-order chi connectivity index (χ1) is 9.96. The summed E-state index contributed by atoms with van der Waals surface area (Å²) in [5.41, 5.74) is -0.0861. The van der Waals surface area contributed by atoms with E-state index in [1.165, 1.54) is 0 Å². The number of likely N-dealkylation sites (tertiary alicyclic amines) is 1. The first-order valence-electron chi connectivity index (χ1n) is 8.25. The standard InChI is InChI=1S/C16H30N2O3/c1-4-16(5-2,6-3)17-15(21)18-11-9-13(10-12-18)7-8-14(19)20/h13H,4-12H2,1-3H3,(H,17,21)(H,19,20). The van der Waals surface area contributed by atoms with Gasteiger partial charge in [0.05, 0.1) is 0 Å². The Morgan fingerprint density at radius 1 is 1.14 bits per heavy atom. The Hall–Kier alpha value is -1.26. The van der Waals surface area contributed by atoms with Gasteiger partial charge in [0.1, 0.15) is 0 Å². The summed E-state index contributed by atoms with van der Waals surface area (Å²) in [6.07, 6.45) is 5.63. The van der Waals surface area contributed by atoms with Gasteiger partial charge in [-0.2, -0.15) is 0 Å². The van der Waals surface area contributed by atoms with Crippen LogP contribution in [0.1, 0.15) is 65.7 Å². The van der Waals surface area contributed by atoms with Crippen LogP contribution in [0, 0.1) is 5.92 Å². The largest absolute Gasteiger partial charge is 0.481 e. The average molecular weight is 298 g/mol. The molecule has 1 saturated heterocycles. The summed E-state index contributed by atoms with van der Waals surface area (Å²) in [5, 5.41) is 11.9. The minimum atomic E-state index is -0.728. The molecule has 2 amide bonds. The average Bonchev–Trinajstić information content (AvgIpc) is 2.51. The summed E-state index contributed by atoms with van der Waals surface area (Å²) in [4.78, 5) is 24.9. The zero-order valence-electron chi connectivity index (χ0n) is 13.7. The zero-order chi connectivity index (χ0) is 15.9. The molecule has 1 aliphatic heterocycles. The van der Waals surface area contributed by atoms with E-state index >= 15 is 0 Å². The molecule has 2 N–H and O–H groups in total. The van der Waals surface area contributed by atoms with Crippen molar-refractivity contribution in [3.63, 3.8) is 0 Å². The molecule has 0 spiro atoms. The van der Waals surface area contributed by atoms with Gasteiger partial charge in [-0.05, 0) is 44.4 Å². The number of urea groups is 1. The number of hydrogen-bond donors (Lipinski definition) is 2. The van der Waals surface area contributed by atoms with Gasteiger partial charge in [0.25, 0.3) is 0 Å². The number of amides is 2. The van der Waals surface area contributed by atoms with Gasteiger partial charge in [-0.1, -0.05) is 20.8 Å². The van der Waals surface area contributed by atoms with Gasteiger partial charge in [-0.3, -0.25) is 4.79 Å². The van der Waals surface area contributed by atoms with Crippen molar-refractivity contribution in [1.82, 2.24) is 10.2 Å². The second-order valence-corrected chi connectivity index (χ2v) is 6.13. The fourth-order valence-electron chi connectivity index (χ4n) is 3.07. The van der Waals surface area contributed by atoms with Crippen molar-refractivity contribution < 1.29 is 14.7 Å². The van der Waals surface area contributed by atoms with Crippen LogP contribution in [0.5, 0.6) is 0 Å². The molecule has 0 saturated carbocycles. The van der Waals surface area contributed by atoms with Crippen molar-refractivity contribution in [3.8, 4) is 0 Å². The molecule has 1 heterocycles.